The quantitative estimate of drug-likeness (QED) is 0.692. The van der Waals surface area contributed by atoms with Crippen molar-refractivity contribution in [2.75, 3.05) is 7.11 Å². The first-order valence-electron chi connectivity index (χ1n) is 6.11. The van der Waals surface area contributed by atoms with Crippen LogP contribution in [0.4, 0.5) is 0 Å². The average molecular weight is 304 g/mol. The summed E-state index contributed by atoms with van der Waals surface area (Å²) in [5, 5.41) is 4.95. The van der Waals surface area contributed by atoms with Crippen molar-refractivity contribution in [2.24, 2.45) is 0 Å². The van der Waals surface area contributed by atoms with Crippen LogP contribution < -0.4 is 0 Å². The number of carbonyl (C=O) groups is 1. The van der Waals surface area contributed by atoms with E-state index in [1.54, 1.807) is 22.7 Å². The predicted molar refractivity (Wildman–Crippen MR) is 81.1 cm³/mol. The number of fused-ring (bicyclic) bond motifs is 1. The Morgan fingerprint density at radius 1 is 1.40 bits per heavy atom. The molecule has 102 valence electrons. The number of esters is 1. The molecule has 0 saturated heterocycles. The molecule has 0 atom stereocenters. The molecule has 0 aliphatic rings. The topological polar surface area (TPSA) is 52.1 Å². The van der Waals surface area contributed by atoms with E-state index in [2.05, 4.69) is 20.8 Å². The maximum absolute atomic E-state index is 11.1. The minimum atomic E-state index is -0.207. The monoisotopic (exact) mass is 304 g/mol. The highest BCUT2D eigenvalue weighted by atomic mass is 32.1. The smallest absolute Gasteiger partial charge is 0.305 e. The SMILES string of the molecule is COC(=O)CCc1csc(-c2cnc3ccsc3c2)n1. The molecule has 3 rings (SSSR count). The Labute approximate surface area is 124 Å². The van der Waals surface area contributed by atoms with Gasteiger partial charge in [0.25, 0.3) is 0 Å². The lowest BCUT2D eigenvalue weighted by molar-refractivity contribution is -0.140. The first-order chi connectivity index (χ1) is 9.76. The van der Waals surface area contributed by atoms with Gasteiger partial charge in [0.1, 0.15) is 5.01 Å². The molecule has 6 heteroatoms. The maximum atomic E-state index is 11.1. The molecule has 0 fully saturated rings. The fraction of sp³-hybridized carbons (Fsp3) is 0.214. The minimum Gasteiger partial charge on any atom is -0.469 e. The highest BCUT2D eigenvalue weighted by molar-refractivity contribution is 7.17. The summed E-state index contributed by atoms with van der Waals surface area (Å²) in [6, 6.07) is 4.11. The normalized spacial score (nSPS) is 10.8. The molecular formula is C14H12N2O2S2. The number of aromatic nitrogens is 2. The Morgan fingerprint density at radius 3 is 3.15 bits per heavy atom. The molecule has 0 bridgehead atoms. The zero-order valence-electron chi connectivity index (χ0n) is 10.8. The van der Waals surface area contributed by atoms with Crippen molar-refractivity contribution in [3.8, 4) is 10.6 Å². The summed E-state index contributed by atoms with van der Waals surface area (Å²) < 4.78 is 5.79. The first kappa shape index (κ1) is 13.2. The number of carbonyl (C=O) groups excluding carboxylic acids is 1. The summed E-state index contributed by atoms with van der Waals surface area (Å²) in [6.45, 7) is 0. The predicted octanol–water partition coefficient (Wildman–Crippen LogP) is 3.53. The summed E-state index contributed by atoms with van der Waals surface area (Å²) in [4.78, 5) is 20.1. The lowest BCUT2D eigenvalue weighted by Gasteiger charge is -1.97. The molecule has 0 amide bonds. The van der Waals surface area contributed by atoms with Gasteiger partial charge in [-0.2, -0.15) is 0 Å². The fourth-order valence-corrected chi connectivity index (χ4v) is 3.47. The van der Waals surface area contributed by atoms with Crippen LogP contribution in [0.1, 0.15) is 12.1 Å². The van der Waals surface area contributed by atoms with Crippen LogP contribution in [0.15, 0.2) is 29.1 Å². The lowest BCUT2D eigenvalue weighted by atomic mass is 10.2. The number of thiophene rings is 1. The second-order valence-electron chi connectivity index (χ2n) is 4.25. The van der Waals surface area contributed by atoms with Gasteiger partial charge in [0.2, 0.25) is 0 Å². The van der Waals surface area contributed by atoms with Crippen LogP contribution in [0.5, 0.6) is 0 Å². The Balaban J connectivity index is 1.80. The second-order valence-corrected chi connectivity index (χ2v) is 6.05. The van der Waals surface area contributed by atoms with Crippen molar-refractivity contribution < 1.29 is 9.53 Å². The second kappa shape index (κ2) is 5.68. The van der Waals surface area contributed by atoms with E-state index in [0.29, 0.717) is 12.8 Å². The van der Waals surface area contributed by atoms with E-state index >= 15 is 0 Å². The van der Waals surface area contributed by atoms with Crippen molar-refractivity contribution in [1.82, 2.24) is 9.97 Å². The number of ether oxygens (including phenoxy) is 1. The number of nitrogens with zero attached hydrogens (tertiary/aromatic N) is 2. The molecule has 0 aliphatic carbocycles. The minimum absolute atomic E-state index is 0.207. The van der Waals surface area contributed by atoms with Crippen LogP contribution in [-0.2, 0) is 16.0 Å². The van der Waals surface area contributed by atoms with Gasteiger partial charge in [-0.25, -0.2) is 4.98 Å². The Hall–Kier alpha value is -1.79. The summed E-state index contributed by atoms with van der Waals surface area (Å²) in [7, 11) is 1.40. The van der Waals surface area contributed by atoms with Crippen molar-refractivity contribution in [3.63, 3.8) is 0 Å². The number of aryl methyl sites for hydroxylation is 1. The van der Waals surface area contributed by atoms with Gasteiger partial charge in [-0.05, 0) is 17.5 Å². The molecule has 3 aromatic rings. The number of pyridine rings is 1. The molecule has 0 aromatic carbocycles. The molecule has 0 aliphatic heterocycles. The largest absolute Gasteiger partial charge is 0.469 e. The standard InChI is InChI=1S/C14H12N2O2S2/c1-18-13(17)3-2-10-8-20-14(16-10)9-6-12-11(15-7-9)4-5-19-12/h4-8H,2-3H2,1H3. The summed E-state index contributed by atoms with van der Waals surface area (Å²) in [6.07, 6.45) is 2.82. The number of methoxy groups -OCH3 is 1. The Bertz CT molecular complexity index is 748. The van der Waals surface area contributed by atoms with Gasteiger partial charge in [-0.1, -0.05) is 0 Å². The summed E-state index contributed by atoms with van der Waals surface area (Å²) >= 11 is 3.25. The van der Waals surface area contributed by atoms with Crippen molar-refractivity contribution >= 4 is 38.9 Å². The fourth-order valence-electron chi connectivity index (χ4n) is 1.85. The highest BCUT2D eigenvalue weighted by Gasteiger charge is 2.08. The van der Waals surface area contributed by atoms with Crippen LogP contribution in [0.2, 0.25) is 0 Å². The number of hydrogen-bond donors (Lipinski definition) is 0. The first-order valence-corrected chi connectivity index (χ1v) is 7.87. The number of hydrogen-bond acceptors (Lipinski definition) is 6. The van der Waals surface area contributed by atoms with Crippen LogP contribution in [0.25, 0.3) is 20.8 Å². The van der Waals surface area contributed by atoms with E-state index in [4.69, 9.17) is 0 Å². The van der Waals surface area contributed by atoms with E-state index in [1.807, 2.05) is 23.0 Å². The zero-order chi connectivity index (χ0) is 13.9. The van der Waals surface area contributed by atoms with Crippen molar-refractivity contribution in [2.45, 2.75) is 12.8 Å². The van der Waals surface area contributed by atoms with E-state index in [-0.39, 0.29) is 5.97 Å². The molecule has 3 heterocycles. The highest BCUT2D eigenvalue weighted by Crippen LogP contribution is 2.28. The molecule has 4 nitrogen and oxygen atoms in total. The number of thiazole rings is 1. The molecule has 20 heavy (non-hydrogen) atoms. The van der Waals surface area contributed by atoms with Crippen LogP contribution >= 0.6 is 22.7 Å². The Kier molecular flexibility index (Phi) is 3.75. The van der Waals surface area contributed by atoms with E-state index in [0.717, 1.165) is 26.5 Å². The van der Waals surface area contributed by atoms with Crippen LogP contribution in [-0.4, -0.2) is 23.0 Å². The van der Waals surface area contributed by atoms with Gasteiger partial charge in [-0.3, -0.25) is 9.78 Å². The molecular weight excluding hydrogens is 292 g/mol. The third kappa shape index (κ3) is 2.71. The lowest BCUT2D eigenvalue weighted by Crippen LogP contribution is -2.01. The third-order valence-electron chi connectivity index (χ3n) is 2.91. The van der Waals surface area contributed by atoms with Gasteiger partial charge in [0.05, 0.1) is 29.4 Å². The van der Waals surface area contributed by atoms with Gasteiger partial charge < -0.3 is 4.74 Å². The Morgan fingerprint density at radius 2 is 2.30 bits per heavy atom. The summed E-state index contributed by atoms with van der Waals surface area (Å²) in [5.41, 5.74) is 2.96. The molecule has 0 spiro atoms. The van der Waals surface area contributed by atoms with E-state index in [9.17, 15) is 4.79 Å². The van der Waals surface area contributed by atoms with Crippen LogP contribution in [0.3, 0.4) is 0 Å². The molecule has 0 saturated carbocycles. The van der Waals surface area contributed by atoms with Gasteiger partial charge in [-0.15, -0.1) is 22.7 Å². The van der Waals surface area contributed by atoms with E-state index in [1.165, 1.54) is 7.11 Å². The van der Waals surface area contributed by atoms with Crippen molar-refractivity contribution in [3.05, 3.63) is 34.8 Å². The van der Waals surface area contributed by atoms with Crippen LogP contribution in [0, 0.1) is 0 Å². The summed E-state index contributed by atoms with van der Waals surface area (Å²) in [5.74, 6) is -0.207. The average Bonchev–Trinajstić information content (AvgIpc) is 3.12. The maximum Gasteiger partial charge on any atom is 0.305 e. The molecule has 0 unspecified atom stereocenters. The van der Waals surface area contributed by atoms with Gasteiger partial charge in [0.15, 0.2) is 0 Å². The third-order valence-corrected chi connectivity index (χ3v) is 4.71. The van der Waals surface area contributed by atoms with Gasteiger partial charge in [0, 0.05) is 23.6 Å². The van der Waals surface area contributed by atoms with E-state index < -0.39 is 0 Å². The molecule has 3 aromatic heterocycles. The molecule has 0 N–H and O–H groups in total. The van der Waals surface area contributed by atoms with Gasteiger partial charge >= 0.3 is 5.97 Å². The zero-order valence-corrected chi connectivity index (χ0v) is 12.5. The molecule has 0 radical (unpaired) electrons. The number of rotatable bonds is 4. The van der Waals surface area contributed by atoms with Crippen molar-refractivity contribution in [1.29, 1.82) is 0 Å².